The topological polar surface area (TPSA) is 47.6 Å². The summed E-state index contributed by atoms with van der Waals surface area (Å²) in [7, 11) is -1.22. The van der Waals surface area contributed by atoms with Crippen molar-refractivity contribution >= 4 is 20.6 Å². The molecule has 0 aromatic heterocycles. The first-order chi connectivity index (χ1) is 22.3. The number of hydrogen-bond donors (Lipinski definition) is 1. The summed E-state index contributed by atoms with van der Waals surface area (Å²) in [6.07, 6.45) is 11.4. The summed E-state index contributed by atoms with van der Waals surface area (Å²) in [5.41, 5.74) is 5.51. The van der Waals surface area contributed by atoms with Crippen molar-refractivity contribution in [3.63, 3.8) is 0 Å². The molecule has 1 fully saturated rings. The molecular weight excluding hydrogens is 595 g/mol. The zero-order chi connectivity index (χ0) is 33.8. The number of carbonyl (C=O) groups is 1. The molecule has 1 amide bonds. The number of rotatable bonds is 11. The number of amides is 1. The molecular formula is C42H59NO3Si. The van der Waals surface area contributed by atoms with Gasteiger partial charge in [0, 0.05) is 29.2 Å². The lowest BCUT2D eigenvalue weighted by Gasteiger charge is -2.53. The van der Waals surface area contributed by atoms with Gasteiger partial charge in [0.05, 0.1) is 5.60 Å². The van der Waals surface area contributed by atoms with Crippen LogP contribution in [0.15, 0.2) is 66.7 Å². The first kappa shape index (κ1) is 35.4. The summed E-state index contributed by atoms with van der Waals surface area (Å²) < 4.78 is 13.3. The maximum Gasteiger partial charge on any atom is 0.225 e. The van der Waals surface area contributed by atoms with Crippen molar-refractivity contribution in [3.05, 3.63) is 89.0 Å². The Hall–Kier alpha value is -2.89. The molecule has 2 aliphatic rings. The number of nitrogens with one attached hydrogen (secondary N) is 1. The zero-order valence-corrected chi connectivity index (χ0v) is 31.5. The standard InChI is InChI=1S/C42H59NO3Si/c1-40(2,3)35-26-25-30(18-16-17-27-42(41(4,5)6,46-47(7)8)31-19-10-9-11-20-31)28-36(35)43-39(44)29-34-32-21-12-14-23-37(32)45-38-24-15-13-22-33(34)38/h12-15,21-26,28,31,34,47H,9-11,16-20,27,29H2,1-8H3,(H,43,44). The highest BCUT2D eigenvalue weighted by molar-refractivity contribution is 6.48. The number of aryl methyl sites for hydroxylation is 1. The molecule has 47 heavy (non-hydrogen) atoms. The lowest BCUT2D eigenvalue weighted by atomic mass is 9.62. The quantitative estimate of drug-likeness (QED) is 0.165. The van der Waals surface area contributed by atoms with Crippen LogP contribution in [-0.2, 0) is 21.1 Å². The molecule has 0 saturated heterocycles. The Morgan fingerprint density at radius 3 is 2.04 bits per heavy atom. The molecule has 3 aromatic carbocycles. The normalized spacial score (nSPS) is 17.0. The molecule has 1 heterocycles. The second kappa shape index (κ2) is 14.7. The van der Waals surface area contributed by atoms with E-state index in [2.05, 4.69) is 90.3 Å². The van der Waals surface area contributed by atoms with Gasteiger partial charge in [0.25, 0.3) is 0 Å². The number of hydrogen-bond acceptors (Lipinski definition) is 3. The average Bonchev–Trinajstić information content (AvgIpc) is 3.01. The maximum atomic E-state index is 13.8. The molecule has 4 nitrogen and oxygen atoms in total. The molecule has 1 aliphatic carbocycles. The smallest absolute Gasteiger partial charge is 0.225 e. The SMILES string of the molecule is C[SiH](C)OC(CCCCc1ccc(C(C)(C)C)c(NC(=O)CC2c3ccccc3Oc3ccccc32)c1)(C1CCCCC1)C(C)(C)C. The Labute approximate surface area is 286 Å². The van der Waals surface area contributed by atoms with Gasteiger partial charge in [-0.15, -0.1) is 0 Å². The van der Waals surface area contributed by atoms with E-state index >= 15 is 0 Å². The molecule has 1 atom stereocenters. The Kier molecular flexibility index (Phi) is 11.1. The highest BCUT2D eigenvalue weighted by Gasteiger charge is 2.48. The number of ether oxygens (including phenoxy) is 1. The van der Waals surface area contributed by atoms with E-state index in [-0.39, 0.29) is 28.3 Å². The van der Waals surface area contributed by atoms with E-state index in [1.54, 1.807) is 0 Å². The summed E-state index contributed by atoms with van der Waals surface area (Å²) in [6, 6.07) is 22.9. The van der Waals surface area contributed by atoms with Crippen LogP contribution in [0.25, 0.3) is 0 Å². The van der Waals surface area contributed by atoms with E-state index < -0.39 is 9.04 Å². The Morgan fingerprint density at radius 2 is 1.47 bits per heavy atom. The Bertz CT molecular complexity index is 1470. The van der Waals surface area contributed by atoms with Crippen LogP contribution in [0.3, 0.4) is 0 Å². The third kappa shape index (κ3) is 8.22. The number of unbranched alkanes of at least 4 members (excludes halogenated alkanes) is 1. The van der Waals surface area contributed by atoms with Gasteiger partial charge in [-0.1, -0.05) is 116 Å². The van der Waals surface area contributed by atoms with Crippen LogP contribution >= 0.6 is 0 Å². The largest absolute Gasteiger partial charge is 0.457 e. The third-order valence-corrected chi connectivity index (χ3v) is 11.5. The fraction of sp³-hybridized carbons (Fsp3) is 0.548. The van der Waals surface area contributed by atoms with Gasteiger partial charge in [0.1, 0.15) is 11.5 Å². The fourth-order valence-electron chi connectivity index (χ4n) is 8.35. The molecule has 1 unspecified atom stereocenters. The number of carbonyl (C=O) groups excluding carboxylic acids is 1. The molecule has 0 bridgehead atoms. The number of fused-ring (bicyclic) bond motifs is 2. The molecule has 254 valence electrons. The van der Waals surface area contributed by atoms with E-state index in [4.69, 9.17) is 9.16 Å². The van der Waals surface area contributed by atoms with Gasteiger partial charge in [-0.05, 0) is 91.3 Å². The van der Waals surface area contributed by atoms with Gasteiger partial charge in [-0.25, -0.2) is 0 Å². The lowest BCUT2D eigenvalue weighted by Crippen LogP contribution is -2.54. The fourth-order valence-corrected chi connectivity index (χ4v) is 9.85. The van der Waals surface area contributed by atoms with E-state index in [0.717, 1.165) is 54.0 Å². The second-order valence-electron chi connectivity index (χ2n) is 16.5. The molecule has 3 aromatic rings. The predicted octanol–water partition coefficient (Wildman–Crippen LogP) is 11.3. The van der Waals surface area contributed by atoms with Crippen LogP contribution in [-0.4, -0.2) is 20.5 Å². The number of anilines is 1. The van der Waals surface area contributed by atoms with E-state index in [9.17, 15) is 4.79 Å². The van der Waals surface area contributed by atoms with Crippen molar-refractivity contribution in [2.45, 2.75) is 136 Å². The zero-order valence-electron chi connectivity index (χ0n) is 30.4. The molecule has 0 radical (unpaired) electrons. The van der Waals surface area contributed by atoms with E-state index in [1.165, 1.54) is 43.2 Å². The first-order valence-corrected chi connectivity index (χ1v) is 21.0. The van der Waals surface area contributed by atoms with Crippen molar-refractivity contribution in [3.8, 4) is 11.5 Å². The minimum absolute atomic E-state index is 0.0293. The summed E-state index contributed by atoms with van der Waals surface area (Å²) in [5, 5.41) is 3.37. The highest BCUT2D eigenvalue weighted by atomic mass is 28.3. The van der Waals surface area contributed by atoms with Gasteiger partial charge >= 0.3 is 0 Å². The summed E-state index contributed by atoms with van der Waals surface area (Å²) in [5.74, 6) is 2.30. The van der Waals surface area contributed by atoms with Gasteiger partial charge in [0.15, 0.2) is 9.04 Å². The van der Waals surface area contributed by atoms with Crippen LogP contribution in [0.5, 0.6) is 11.5 Å². The molecule has 1 aliphatic heterocycles. The summed E-state index contributed by atoms with van der Waals surface area (Å²) >= 11 is 0. The van der Waals surface area contributed by atoms with Crippen LogP contribution in [0.1, 0.15) is 128 Å². The molecule has 1 N–H and O–H groups in total. The van der Waals surface area contributed by atoms with E-state index in [1.807, 2.05) is 36.4 Å². The average molecular weight is 654 g/mol. The van der Waals surface area contributed by atoms with Crippen LogP contribution in [0, 0.1) is 11.3 Å². The van der Waals surface area contributed by atoms with Crippen LogP contribution in [0.2, 0.25) is 13.1 Å². The maximum absolute atomic E-state index is 13.8. The van der Waals surface area contributed by atoms with Crippen molar-refractivity contribution in [1.29, 1.82) is 0 Å². The summed E-state index contributed by atoms with van der Waals surface area (Å²) in [4.78, 5) is 13.8. The predicted molar refractivity (Wildman–Crippen MR) is 199 cm³/mol. The lowest BCUT2D eigenvalue weighted by molar-refractivity contribution is -0.116. The van der Waals surface area contributed by atoms with Gasteiger partial charge in [-0.2, -0.15) is 0 Å². The highest BCUT2D eigenvalue weighted by Crippen LogP contribution is 2.50. The van der Waals surface area contributed by atoms with E-state index in [0.29, 0.717) is 12.3 Å². The molecule has 0 spiro atoms. The van der Waals surface area contributed by atoms with Crippen molar-refractivity contribution in [2.24, 2.45) is 11.3 Å². The minimum Gasteiger partial charge on any atom is -0.457 e. The van der Waals surface area contributed by atoms with Crippen molar-refractivity contribution in [1.82, 2.24) is 0 Å². The number of para-hydroxylation sites is 2. The molecule has 5 heteroatoms. The Morgan fingerprint density at radius 1 is 0.851 bits per heavy atom. The number of benzene rings is 3. The second-order valence-corrected chi connectivity index (χ2v) is 18.8. The molecule has 1 saturated carbocycles. The first-order valence-electron chi connectivity index (χ1n) is 18.3. The molecule has 5 rings (SSSR count). The van der Waals surface area contributed by atoms with Crippen molar-refractivity contribution in [2.75, 3.05) is 5.32 Å². The van der Waals surface area contributed by atoms with Crippen molar-refractivity contribution < 1.29 is 14.0 Å². The Balaban J connectivity index is 1.31. The summed E-state index contributed by atoms with van der Waals surface area (Å²) in [6.45, 7) is 18.6. The third-order valence-electron chi connectivity index (χ3n) is 10.6. The van der Waals surface area contributed by atoms with Gasteiger partial charge in [-0.3, -0.25) is 4.79 Å². The van der Waals surface area contributed by atoms with Gasteiger partial charge < -0.3 is 14.5 Å². The minimum atomic E-state index is -1.22. The van der Waals surface area contributed by atoms with Crippen LogP contribution < -0.4 is 10.1 Å². The van der Waals surface area contributed by atoms with Crippen LogP contribution in [0.4, 0.5) is 5.69 Å². The monoisotopic (exact) mass is 653 g/mol. The van der Waals surface area contributed by atoms with Gasteiger partial charge in [0.2, 0.25) is 5.91 Å².